The van der Waals surface area contributed by atoms with E-state index in [2.05, 4.69) is 17.3 Å². The van der Waals surface area contributed by atoms with Crippen LogP contribution in [0.4, 0.5) is 0 Å². The van der Waals surface area contributed by atoms with Crippen molar-refractivity contribution in [3.63, 3.8) is 0 Å². The van der Waals surface area contributed by atoms with Gasteiger partial charge in [0, 0.05) is 12.6 Å². The third-order valence-corrected chi connectivity index (χ3v) is 3.37. The zero-order valence-corrected chi connectivity index (χ0v) is 10.8. The summed E-state index contributed by atoms with van der Waals surface area (Å²) in [7, 11) is 2.07. The molecule has 2 atom stereocenters. The van der Waals surface area contributed by atoms with E-state index < -0.39 is 6.04 Å². The van der Waals surface area contributed by atoms with E-state index in [0.717, 1.165) is 25.1 Å². The van der Waals surface area contributed by atoms with Crippen LogP contribution >= 0.6 is 0 Å². The molecule has 1 aromatic carbocycles. The Morgan fingerprint density at radius 1 is 1.50 bits per heavy atom. The number of nitrogens with zero attached hydrogens (tertiary/aromatic N) is 1. The van der Waals surface area contributed by atoms with Crippen LogP contribution in [0.2, 0.25) is 0 Å². The van der Waals surface area contributed by atoms with Gasteiger partial charge < -0.3 is 16.0 Å². The number of likely N-dealkylation sites (tertiary alicyclic amines) is 1. The van der Waals surface area contributed by atoms with Gasteiger partial charge in [-0.25, -0.2) is 0 Å². The third kappa shape index (κ3) is 3.55. The molecule has 1 unspecified atom stereocenters. The molecular weight excluding hydrogens is 226 g/mol. The Bertz CT molecular complexity index is 393. The van der Waals surface area contributed by atoms with Gasteiger partial charge in [0.15, 0.2) is 0 Å². The zero-order valence-electron chi connectivity index (χ0n) is 10.8. The highest BCUT2D eigenvalue weighted by molar-refractivity contribution is 5.82. The summed E-state index contributed by atoms with van der Waals surface area (Å²) in [5, 5.41) is 3.02. The summed E-state index contributed by atoms with van der Waals surface area (Å²) in [5.41, 5.74) is 7.04. The number of hydrogen-bond donors (Lipinski definition) is 2. The minimum Gasteiger partial charge on any atom is -0.351 e. The maximum Gasteiger partial charge on any atom is 0.237 e. The van der Waals surface area contributed by atoms with E-state index in [-0.39, 0.29) is 11.9 Å². The van der Waals surface area contributed by atoms with Crippen molar-refractivity contribution in [2.45, 2.75) is 24.9 Å². The predicted octanol–water partition coefficient (Wildman–Crippen LogP) is 0.377. The lowest BCUT2D eigenvalue weighted by atomic mass is 10.1. The van der Waals surface area contributed by atoms with Crippen molar-refractivity contribution in [1.82, 2.24) is 10.2 Å². The summed E-state index contributed by atoms with van der Waals surface area (Å²) in [6.45, 7) is 1.96. The van der Waals surface area contributed by atoms with Gasteiger partial charge in [0.2, 0.25) is 5.91 Å². The van der Waals surface area contributed by atoms with Crippen LogP contribution in [0.15, 0.2) is 30.3 Å². The molecule has 3 N–H and O–H groups in total. The average molecular weight is 247 g/mol. The summed E-state index contributed by atoms with van der Waals surface area (Å²) >= 11 is 0. The highest BCUT2D eigenvalue weighted by atomic mass is 16.2. The summed E-state index contributed by atoms with van der Waals surface area (Å²) in [4.78, 5) is 14.2. The van der Waals surface area contributed by atoms with Crippen molar-refractivity contribution in [1.29, 1.82) is 0 Å². The topological polar surface area (TPSA) is 58.4 Å². The Balaban J connectivity index is 1.82. The first-order chi connectivity index (χ1) is 8.65. The molecule has 1 aliphatic heterocycles. The average Bonchev–Trinajstić information content (AvgIpc) is 2.76. The Hall–Kier alpha value is -1.39. The Morgan fingerprint density at radius 2 is 2.22 bits per heavy atom. The summed E-state index contributed by atoms with van der Waals surface area (Å²) in [6.07, 6.45) is 1.61. The van der Waals surface area contributed by atoms with Crippen molar-refractivity contribution in [3.8, 4) is 0 Å². The molecule has 0 spiro atoms. The van der Waals surface area contributed by atoms with Gasteiger partial charge in [0.1, 0.15) is 0 Å². The summed E-state index contributed by atoms with van der Waals surface area (Å²) in [5.74, 6) is -0.0425. The SMILES string of the molecule is CN1CCC(NC(=O)[C@@H](N)Cc2ccccc2)C1. The van der Waals surface area contributed by atoms with Gasteiger partial charge in [-0.05, 0) is 32.0 Å². The molecule has 1 saturated heterocycles. The first-order valence-corrected chi connectivity index (χ1v) is 6.43. The second kappa shape index (κ2) is 5.98. The standard InChI is InChI=1S/C14H21N3O/c1-17-8-7-12(10-17)16-14(18)13(15)9-11-5-3-2-4-6-11/h2-6,12-13H,7-10,15H2,1H3,(H,16,18)/t12?,13-/m0/s1. The van der Waals surface area contributed by atoms with Gasteiger partial charge in [-0.15, -0.1) is 0 Å². The fourth-order valence-electron chi connectivity index (χ4n) is 2.32. The Morgan fingerprint density at radius 3 is 2.83 bits per heavy atom. The fourth-order valence-corrected chi connectivity index (χ4v) is 2.32. The van der Waals surface area contributed by atoms with E-state index >= 15 is 0 Å². The van der Waals surface area contributed by atoms with Gasteiger partial charge in [-0.3, -0.25) is 4.79 Å². The van der Waals surface area contributed by atoms with Crippen molar-refractivity contribution in [2.24, 2.45) is 5.73 Å². The quantitative estimate of drug-likeness (QED) is 0.808. The van der Waals surface area contributed by atoms with E-state index in [0.29, 0.717) is 6.42 Å². The van der Waals surface area contributed by atoms with Gasteiger partial charge in [-0.1, -0.05) is 30.3 Å². The van der Waals surface area contributed by atoms with Crippen LogP contribution in [0.25, 0.3) is 0 Å². The molecule has 0 aliphatic carbocycles. The van der Waals surface area contributed by atoms with Crippen molar-refractivity contribution >= 4 is 5.91 Å². The summed E-state index contributed by atoms with van der Waals surface area (Å²) < 4.78 is 0. The monoisotopic (exact) mass is 247 g/mol. The largest absolute Gasteiger partial charge is 0.351 e. The number of nitrogens with one attached hydrogen (secondary N) is 1. The number of amides is 1. The lowest BCUT2D eigenvalue weighted by Gasteiger charge is -2.17. The van der Waals surface area contributed by atoms with Gasteiger partial charge in [0.05, 0.1) is 6.04 Å². The first kappa shape index (κ1) is 13.1. The number of benzene rings is 1. The number of carbonyl (C=O) groups is 1. The maximum absolute atomic E-state index is 12.0. The molecule has 2 rings (SSSR count). The van der Waals surface area contributed by atoms with E-state index in [9.17, 15) is 4.79 Å². The number of carbonyl (C=O) groups excluding carboxylic acids is 1. The molecule has 1 aliphatic rings. The first-order valence-electron chi connectivity index (χ1n) is 6.43. The highest BCUT2D eigenvalue weighted by Crippen LogP contribution is 2.07. The normalized spacial score (nSPS) is 21.8. The molecule has 0 bridgehead atoms. The van der Waals surface area contributed by atoms with E-state index in [4.69, 9.17) is 5.73 Å². The van der Waals surface area contributed by atoms with Crippen LogP contribution in [-0.2, 0) is 11.2 Å². The van der Waals surface area contributed by atoms with Crippen LogP contribution in [0, 0.1) is 0 Å². The fraction of sp³-hybridized carbons (Fsp3) is 0.500. The van der Waals surface area contributed by atoms with Gasteiger partial charge in [0.25, 0.3) is 0 Å². The van der Waals surface area contributed by atoms with Crippen LogP contribution in [-0.4, -0.2) is 43.0 Å². The number of rotatable bonds is 4. The number of nitrogens with two attached hydrogens (primary N) is 1. The van der Waals surface area contributed by atoms with E-state index in [1.165, 1.54) is 0 Å². The highest BCUT2D eigenvalue weighted by Gasteiger charge is 2.23. The maximum atomic E-state index is 12.0. The van der Waals surface area contributed by atoms with Crippen LogP contribution in [0.3, 0.4) is 0 Å². The molecule has 18 heavy (non-hydrogen) atoms. The molecule has 0 radical (unpaired) electrons. The predicted molar refractivity (Wildman–Crippen MR) is 72.2 cm³/mol. The van der Waals surface area contributed by atoms with E-state index in [1.807, 2.05) is 30.3 Å². The van der Waals surface area contributed by atoms with Crippen molar-refractivity contribution in [3.05, 3.63) is 35.9 Å². The smallest absolute Gasteiger partial charge is 0.237 e. The molecule has 0 saturated carbocycles. The number of hydrogen-bond acceptors (Lipinski definition) is 3. The molecule has 1 fully saturated rings. The molecule has 1 heterocycles. The molecule has 98 valence electrons. The molecular formula is C14H21N3O. The van der Waals surface area contributed by atoms with Crippen molar-refractivity contribution < 1.29 is 4.79 Å². The zero-order chi connectivity index (χ0) is 13.0. The van der Waals surface area contributed by atoms with Crippen LogP contribution < -0.4 is 11.1 Å². The minimum absolute atomic E-state index is 0.0425. The van der Waals surface area contributed by atoms with Crippen LogP contribution in [0.5, 0.6) is 0 Å². The van der Waals surface area contributed by atoms with Gasteiger partial charge in [-0.2, -0.15) is 0 Å². The Labute approximate surface area is 108 Å². The summed E-state index contributed by atoms with van der Waals surface area (Å²) in [6, 6.07) is 9.68. The van der Waals surface area contributed by atoms with E-state index in [1.54, 1.807) is 0 Å². The molecule has 4 heteroatoms. The molecule has 4 nitrogen and oxygen atoms in total. The molecule has 0 aromatic heterocycles. The minimum atomic E-state index is -0.460. The molecule has 1 aromatic rings. The third-order valence-electron chi connectivity index (χ3n) is 3.37. The lowest BCUT2D eigenvalue weighted by Crippen LogP contribution is -2.47. The van der Waals surface area contributed by atoms with Crippen LogP contribution in [0.1, 0.15) is 12.0 Å². The second-order valence-corrected chi connectivity index (χ2v) is 5.05. The lowest BCUT2D eigenvalue weighted by molar-refractivity contribution is -0.122. The second-order valence-electron chi connectivity index (χ2n) is 5.05. The molecule has 1 amide bonds. The number of likely N-dealkylation sites (N-methyl/N-ethyl adjacent to an activating group) is 1. The van der Waals surface area contributed by atoms with Gasteiger partial charge >= 0.3 is 0 Å². The Kier molecular flexibility index (Phi) is 4.33. The van der Waals surface area contributed by atoms with Crippen molar-refractivity contribution in [2.75, 3.05) is 20.1 Å².